The fourth-order valence-electron chi connectivity index (χ4n) is 5.94. The Hall–Kier alpha value is -1.66. The Balaban J connectivity index is 0.000000948. The molecular weight excluding hydrogens is 480 g/mol. The monoisotopic (exact) mass is 538 g/mol. The van der Waals surface area contributed by atoms with Crippen molar-refractivity contribution in [1.82, 2.24) is 0 Å². The molecule has 4 N–H and O–H groups in total. The van der Waals surface area contributed by atoms with Crippen molar-refractivity contribution in [3.05, 3.63) is 24.3 Å². The van der Waals surface area contributed by atoms with Gasteiger partial charge in [-0.3, -0.25) is 0 Å². The summed E-state index contributed by atoms with van der Waals surface area (Å²) in [5.41, 5.74) is 0.269. The van der Waals surface area contributed by atoms with Gasteiger partial charge in [-0.15, -0.1) is 0 Å². The third kappa shape index (κ3) is 14.5. The highest BCUT2D eigenvalue weighted by Gasteiger charge is 2.48. The van der Waals surface area contributed by atoms with Gasteiger partial charge in [-0.05, 0) is 39.5 Å². The van der Waals surface area contributed by atoms with Crippen LogP contribution in [0.2, 0.25) is 0 Å². The van der Waals surface area contributed by atoms with Crippen molar-refractivity contribution < 1.29 is 30.0 Å². The fourth-order valence-corrected chi connectivity index (χ4v) is 5.94. The molecular formula is C32H58O6. The largest absolute Gasteiger partial charge is 0.478 e. The molecule has 2 aliphatic rings. The van der Waals surface area contributed by atoms with Crippen molar-refractivity contribution in [2.24, 2.45) is 10.8 Å². The van der Waals surface area contributed by atoms with E-state index < -0.39 is 11.9 Å². The van der Waals surface area contributed by atoms with Crippen LogP contribution in [-0.4, -0.2) is 45.6 Å². The molecule has 0 bridgehead atoms. The number of aliphatic hydroxyl groups excluding tert-OH is 2. The first kappa shape index (κ1) is 36.3. The topological polar surface area (TPSA) is 115 Å². The van der Waals surface area contributed by atoms with Crippen LogP contribution in [0.25, 0.3) is 0 Å². The first-order valence-corrected chi connectivity index (χ1v) is 15.1. The molecule has 0 atom stereocenters. The predicted octanol–water partition coefficient (Wildman–Crippen LogP) is 8.07. The third-order valence-corrected chi connectivity index (χ3v) is 8.58. The van der Waals surface area contributed by atoms with Gasteiger partial charge >= 0.3 is 11.9 Å². The zero-order chi connectivity index (χ0) is 28.9. The number of rotatable bonds is 5. The second kappa shape index (κ2) is 21.2. The normalized spacial score (nSPS) is 20.8. The average molecular weight is 539 g/mol. The van der Waals surface area contributed by atoms with E-state index in [1.165, 1.54) is 117 Å². The molecule has 2 fully saturated rings. The first-order chi connectivity index (χ1) is 18.1. The number of hydrogen-bond acceptors (Lipinski definition) is 4. The molecule has 0 aromatic heterocycles. The summed E-state index contributed by atoms with van der Waals surface area (Å²) in [6.07, 6.45) is 25.7. The lowest BCUT2D eigenvalue weighted by Crippen LogP contribution is -2.48. The first-order valence-electron chi connectivity index (χ1n) is 15.1. The molecule has 222 valence electrons. The SMILES string of the molecule is C=C(C)C(=O)O.C=C(C)C(=O)O.OCC1(C2(CO)CCCCCCCCCC2)CCCCCCCCCC1. The average Bonchev–Trinajstić information content (AvgIpc) is 2.98. The van der Waals surface area contributed by atoms with Crippen LogP contribution in [0.3, 0.4) is 0 Å². The number of carbonyl (C=O) groups is 2. The van der Waals surface area contributed by atoms with Gasteiger partial charge in [-0.25, -0.2) is 9.59 Å². The van der Waals surface area contributed by atoms with E-state index in [1.807, 2.05) is 0 Å². The number of hydrogen-bond donors (Lipinski definition) is 4. The van der Waals surface area contributed by atoms with Gasteiger partial charge < -0.3 is 20.4 Å². The molecule has 0 radical (unpaired) electrons. The minimum atomic E-state index is -0.935. The van der Waals surface area contributed by atoms with Gasteiger partial charge in [0.2, 0.25) is 0 Å². The molecule has 0 aliphatic heterocycles. The van der Waals surface area contributed by atoms with Gasteiger partial charge in [0.05, 0.1) is 0 Å². The van der Waals surface area contributed by atoms with E-state index in [-0.39, 0.29) is 35.2 Å². The molecule has 38 heavy (non-hydrogen) atoms. The molecule has 2 saturated carbocycles. The lowest BCUT2D eigenvalue weighted by Gasteiger charge is -2.50. The van der Waals surface area contributed by atoms with Gasteiger partial charge in [-0.1, -0.05) is 116 Å². The Labute approximate surface area is 232 Å². The van der Waals surface area contributed by atoms with E-state index in [2.05, 4.69) is 13.2 Å². The lowest BCUT2D eigenvalue weighted by atomic mass is 9.55. The highest BCUT2D eigenvalue weighted by atomic mass is 16.4. The summed E-state index contributed by atoms with van der Waals surface area (Å²) in [7, 11) is 0. The van der Waals surface area contributed by atoms with E-state index in [1.54, 1.807) is 0 Å². The Morgan fingerprint density at radius 3 is 0.789 bits per heavy atom. The summed E-state index contributed by atoms with van der Waals surface area (Å²) in [5.74, 6) is -1.87. The van der Waals surface area contributed by atoms with Crippen LogP contribution < -0.4 is 0 Å². The smallest absolute Gasteiger partial charge is 0.330 e. The van der Waals surface area contributed by atoms with Crippen LogP contribution in [0.1, 0.15) is 142 Å². The highest BCUT2D eigenvalue weighted by molar-refractivity contribution is 5.85. The van der Waals surface area contributed by atoms with Crippen molar-refractivity contribution in [1.29, 1.82) is 0 Å². The van der Waals surface area contributed by atoms with E-state index in [9.17, 15) is 19.8 Å². The zero-order valence-electron chi connectivity index (χ0n) is 24.6. The van der Waals surface area contributed by atoms with Gasteiger partial charge in [0.1, 0.15) is 0 Å². The van der Waals surface area contributed by atoms with Crippen molar-refractivity contribution >= 4 is 11.9 Å². The van der Waals surface area contributed by atoms with Crippen molar-refractivity contribution in [3.63, 3.8) is 0 Å². The molecule has 0 aromatic rings. The Kier molecular flexibility index (Phi) is 20.3. The van der Waals surface area contributed by atoms with Crippen LogP contribution >= 0.6 is 0 Å². The Morgan fingerprint density at radius 2 is 0.658 bits per heavy atom. The number of carboxylic acid groups (broad SMARTS) is 2. The van der Waals surface area contributed by atoms with Crippen molar-refractivity contribution in [2.45, 2.75) is 142 Å². The highest BCUT2D eigenvalue weighted by Crippen LogP contribution is 2.53. The summed E-state index contributed by atoms with van der Waals surface area (Å²) in [5, 5.41) is 37.1. The standard InChI is InChI=1S/C24H46O2.2C4H6O2/c25-21-23(17-13-9-5-1-2-6-10-14-18-23)24(22-26)19-15-11-7-3-4-8-12-16-20-24;2*1-3(2)4(5)6/h25-26H,1-22H2;2*1H2,2H3,(H,5,6). The van der Waals surface area contributed by atoms with Crippen molar-refractivity contribution in [3.8, 4) is 0 Å². The molecule has 0 heterocycles. The molecule has 0 aromatic carbocycles. The Bertz CT molecular complexity index is 577. The minimum Gasteiger partial charge on any atom is -0.478 e. The molecule has 0 amide bonds. The summed E-state index contributed by atoms with van der Waals surface area (Å²) in [6, 6.07) is 0. The fraction of sp³-hybridized carbons (Fsp3) is 0.812. The van der Waals surface area contributed by atoms with Gasteiger partial charge in [0.15, 0.2) is 0 Å². The molecule has 0 unspecified atom stereocenters. The van der Waals surface area contributed by atoms with Gasteiger partial charge in [0.25, 0.3) is 0 Å². The van der Waals surface area contributed by atoms with Crippen LogP contribution in [0, 0.1) is 10.8 Å². The maximum atomic E-state index is 10.7. The van der Waals surface area contributed by atoms with Crippen LogP contribution in [0.15, 0.2) is 24.3 Å². The van der Waals surface area contributed by atoms with Gasteiger partial charge in [0, 0.05) is 35.2 Å². The van der Waals surface area contributed by atoms with Crippen LogP contribution in [0.5, 0.6) is 0 Å². The van der Waals surface area contributed by atoms with Crippen LogP contribution in [-0.2, 0) is 9.59 Å². The molecule has 0 saturated heterocycles. The third-order valence-electron chi connectivity index (χ3n) is 8.58. The van der Waals surface area contributed by atoms with E-state index in [0.717, 1.165) is 25.7 Å². The second-order valence-corrected chi connectivity index (χ2v) is 11.7. The van der Waals surface area contributed by atoms with E-state index in [0.29, 0.717) is 0 Å². The second-order valence-electron chi connectivity index (χ2n) is 11.7. The van der Waals surface area contributed by atoms with Crippen LogP contribution in [0.4, 0.5) is 0 Å². The lowest BCUT2D eigenvalue weighted by molar-refractivity contribution is -0.133. The molecule has 6 heteroatoms. The Morgan fingerprint density at radius 1 is 0.500 bits per heavy atom. The number of aliphatic carboxylic acids is 2. The predicted molar refractivity (Wildman–Crippen MR) is 156 cm³/mol. The minimum absolute atomic E-state index is 0.0415. The summed E-state index contributed by atoms with van der Waals surface area (Å²) in [4.78, 5) is 19.2. The van der Waals surface area contributed by atoms with E-state index in [4.69, 9.17) is 10.2 Å². The number of aliphatic hydroxyl groups is 2. The molecule has 0 spiro atoms. The molecule has 2 aliphatic carbocycles. The zero-order valence-corrected chi connectivity index (χ0v) is 24.6. The summed E-state index contributed by atoms with van der Waals surface area (Å²) in [6.45, 7) is 9.77. The quantitative estimate of drug-likeness (QED) is 0.263. The summed E-state index contributed by atoms with van der Waals surface area (Å²) >= 11 is 0. The number of carboxylic acids is 2. The maximum Gasteiger partial charge on any atom is 0.330 e. The molecule has 6 nitrogen and oxygen atoms in total. The molecule has 2 rings (SSSR count). The van der Waals surface area contributed by atoms with Crippen molar-refractivity contribution in [2.75, 3.05) is 13.2 Å². The van der Waals surface area contributed by atoms with Gasteiger partial charge in [-0.2, -0.15) is 0 Å². The summed E-state index contributed by atoms with van der Waals surface area (Å²) < 4.78 is 0. The van der Waals surface area contributed by atoms with E-state index >= 15 is 0 Å². The maximum absolute atomic E-state index is 10.7.